The number of benzene rings is 1. The Balaban J connectivity index is 2.75. The van der Waals surface area contributed by atoms with E-state index >= 15 is 0 Å². The number of hydrogen-bond acceptors (Lipinski definition) is 3. The number of rotatable bonds is 2. The molecule has 0 aliphatic rings. The number of hydrogen-bond donors (Lipinski definition) is 2. The van der Waals surface area contributed by atoms with Crippen molar-refractivity contribution in [3.05, 3.63) is 24.3 Å². The third-order valence-corrected chi connectivity index (χ3v) is 2.57. The molecule has 0 saturated carbocycles. The average molecular weight is 205 g/mol. The van der Waals surface area contributed by atoms with Crippen LogP contribution in [0.15, 0.2) is 24.3 Å². The summed E-state index contributed by atoms with van der Waals surface area (Å²) in [6, 6.07) is 7.34. The number of nitrogens with zero attached hydrogens (tertiary/aromatic N) is 1. The molecule has 0 aliphatic heterocycles. The molecule has 0 spiro atoms. The van der Waals surface area contributed by atoms with Gasteiger partial charge in [-0.1, -0.05) is 6.07 Å². The highest BCUT2D eigenvalue weighted by atomic mass is 16.5. The zero-order valence-electron chi connectivity index (χ0n) is 8.64. The number of aromatic nitrogens is 1. The van der Waals surface area contributed by atoms with Crippen molar-refractivity contribution in [1.82, 2.24) is 4.57 Å². The lowest BCUT2D eigenvalue weighted by atomic mass is 9.86. The Kier molecular flexibility index (Phi) is 2.42. The molecule has 0 radical (unpaired) electrons. The molecule has 0 fully saturated rings. The van der Waals surface area contributed by atoms with E-state index in [0.29, 0.717) is 5.59 Å². The van der Waals surface area contributed by atoms with Crippen LogP contribution in [-0.4, -0.2) is 28.8 Å². The fourth-order valence-corrected chi connectivity index (χ4v) is 1.78. The number of ether oxygens (including phenoxy) is 1. The van der Waals surface area contributed by atoms with Gasteiger partial charge in [0.1, 0.15) is 5.75 Å². The summed E-state index contributed by atoms with van der Waals surface area (Å²) in [5.41, 5.74) is 1.37. The summed E-state index contributed by atoms with van der Waals surface area (Å²) in [7, 11) is 1.92. The molecule has 0 unspecified atom stereocenters. The Labute approximate surface area is 87.9 Å². The molecule has 78 valence electrons. The molecular weight excluding hydrogens is 193 g/mol. The summed E-state index contributed by atoms with van der Waals surface area (Å²) in [6.07, 6.45) is 0. The van der Waals surface area contributed by atoms with E-state index in [1.54, 1.807) is 24.8 Å². The van der Waals surface area contributed by atoms with E-state index < -0.39 is 7.12 Å². The van der Waals surface area contributed by atoms with Gasteiger partial charge in [0, 0.05) is 18.0 Å². The summed E-state index contributed by atoms with van der Waals surface area (Å²) in [5.74, 6) is 0.731. The van der Waals surface area contributed by atoms with Crippen molar-refractivity contribution in [3.63, 3.8) is 0 Å². The molecule has 4 nitrogen and oxygen atoms in total. The number of fused-ring (bicyclic) bond motifs is 1. The van der Waals surface area contributed by atoms with Crippen molar-refractivity contribution >= 4 is 23.6 Å². The van der Waals surface area contributed by atoms with Crippen LogP contribution in [0.25, 0.3) is 10.9 Å². The lowest BCUT2D eigenvalue weighted by Gasteiger charge is -2.03. The van der Waals surface area contributed by atoms with E-state index in [2.05, 4.69) is 0 Å². The topological polar surface area (TPSA) is 54.6 Å². The molecule has 5 heteroatoms. The van der Waals surface area contributed by atoms with Crippen LogP contribution in [0.3, 0.4) is 0 Å². The summed E-state index contributed by atoms with van der Waals surface area (Å²) in [6.45, 7) is 0. The first-order chi connectivity index (χ1) is 7.15. The van der Waals surface area contributed by atoms with E-state index in [-0.39, 0.29) is 0 Å². The third-order valence-electron chi connectivity index (χ3n) is 2.57. The maximum atomic E-state index is 9.16. The maximum absolute atomic E-state index is 9.16. The molecule has 1 heterocycles. The van der Waals surface area contributed by atoms with Crippen molar-refractivity contribution in [2.24, 2.45) is 7.05 Å². The van der Waals surface area contributed by atoms with Crippen LogP contribution in [-0.2, 0) is 7.05 Å². The quantitative estimate of drug-likeness (QED) is 0.671. The Hall–Kier alpha value is -1.46. The highest BCUT2D eigenvalue weighted by molar-refractivity contribution is 6.58. The van der Waals surface area contributed by atoms with Gasteiger partial charge >= 0.3 is 7.12 Å². The van der Waals surface area contributed by atoms with Gasteiger partial charge in [0.25, 0.3) is 0 Å². The predicted octanol–water partition coefficient (Wildman–Crippen LogP) is -0.133. The molecule has 1 aromatic heterocycles. The first-order valence-corrected chi connectivity index (χ1v) is 4.63. The Morgan fingerprint density at radius 2 is 2.07 bits per heavy atom. The monoisotopic (exact) mass is 205 g/mol. The third kappa shape index (κ3) is 1.50. The van der Waals surface area contributed by atoms with Crippen LogP contribution < -0.4 is 10.3 Å². The Morgan fingerprint density at radius 1 is 1.33 bits per heavy atom. The van der Waals surface area contributed by atoms with E-state index in [4.69, 9.17) is 14.8 Å². The largest absolute Gasteiger partial charge is 0.505 e. The van der Waals surface area contributed by atoms with Gasteiger partial charge in [-0.15, -0.1) is 0 Å². The van der Waals surface area contributed by atoms with Crippen LogP contribution >= 0.6 is 0 Å². The highest BCUT2D eigenvalue weighted by Gasteiger charge is 2.18. The normalized spacial score (nSPS) is 10.7. The first-order valence-electron chi connectivity index (χ1n) is 4.63. The standard InChI is InChI=1S/C10H12BNO3/c1-12-8-4-3-5-9(15-2)7(8)6-10(12)11(13)14/h3-6,13-14H,1-2H3. The minimum Gasteiger partial charge on any atom is -0.496 e. The zero-order chi connectivity index (χ0) is 11.0. The maximum Gasteiger partial charge on any atom is 0.505 e. The van der Waals surface area contributed by atoms with Gasteiger partial charge in [0.2, 0.25) is 0 Å². The molecule has 2 rings (SSSR count). The lowest BCUT2D eigenvalue weighted by molar-refractivity contribution is 0.420. The van der Waals surface area contributed by atoms with Crippen LogP contribution in [0.5, 0.6) is 5.75 Å². The second-order valence-corrected chi connectivity index (χ2v) is 3.39. The van der Waals surface area contributed by atoms with Crippen LogP contribution in [0.1, 0.15) is 0 Å². The molecular formula is C10H12BNO3. The van der Waals surface area contributed by atoms with Crippen LogP contribution in [0.4, 0.5) is 0 Å². The second kappa shape index (κ2) is 3.60. The second-order valence-electron chi connectivity index (χ2n) is 3.39. The van der Waals surface area contributed by atoms with E-state index in [1.165, 1.54) is 0 Å². The molecule has 0 bridgehead atoms. The molecule has 0 amide bonds. The summed E-state index contributed by atoms with van der Waals surface area (Å²) in [5, 5.41) is 19.2. The van der Waals surface area contributed by atoms with Crippen molar-refractivity contribution in [1.29, 1.82) is 0 Å². The van der Waals surface area contributed by atoms with Gasteiger partial charge in [-0.3, -0.25) is 0 Å². The number of aryl methyl sites for hydroxylation is 1. The first kappa shape index (κ1) is 10.1. The van der Waals surface area contributed by atoms with Crippen LogP contribution in [0, 0.1) is 0 Å². The van der Waals surface area contributed by atoms with Crippen molar-refractivity contribution in [3.8, 4) is 5.75 Å². The van der Waals surface area contributed by atoms with Gasteiger partial charge in [-0.2, -0.15) is 0 Å². The van der Waals surface area contributed by atoms with Gasteiger partial charge in [0.15, 0.2) is 0 Å². The minimum absolute atomic E-state index is 0.453. The molecule has 15 heavy (non-hydrogen) atoms. The predicted molar refractivity (Wildman–Crippen MR) is 59.3 cm³/mol. The number of methoxy groups -OCH3 is 1. The highest BCUT2D eigenvalue weighted by Crippen LogP contribution is 2.24. The van der Waals surface area contributed by atoms with Gasteiger partial charge in [0.05, 0.1) is 12.6 Å². The molecule has 0 atom stereocenters. The van der Waals surface area contributed by atoms with E-state index in [1.807, 2.05) is 18.2 Å². The lowest BCUT2D eigenvalue weighted by Crippen LogP contribution is -2.34. The summed E-state index contributed by atoms with van der Waals surface area (Å²) in [4.78, 5) is 0. The fourth-order valence-electron chi connectivity index (χ4n) is 1.78. The molecule has 2 N–H and O–H groups in total. The molecule has 0 aliphatic carbocycles. The van der Waals surface area contributed by atoms with E-state index in [0.717, 1.165) is 16.7 Å². The Bertz CT molecular complexity index is 493. The van der Waals surface area contributed by atoms with Crippen LogP contribution in [0.2, 0.25) is 0 Å². The van der Waals surface area contributed by atoms with Gasteiger partial charge < -0.3 is 19.4 Å². The summed E-state index contributed by atoms with van der Waals surface area (Å²) >= 11 is 0. The SMILES string of the molecule is COc1cccc2c1cc(B(O)O)n2C. The fraction of sp³-hybridized carbons (Fsp3) is 0.200. The van der Waals surface area contributed by atoms with Gasteiger partial charge in [-0.25, -0.2) is 0 Å². The minimum atomic E-state index is -1.47. The van der Waals surface area contributed by atoms with Crippen molar-refractivity contribution < 1.29 is 14.8 Å². The molecule has 0 saturated heterocycles. The smallest absolute Gasteiger partial charge is 0.496 e. The summed E-state index contributed by atoms with van der Waals surface area (Å²) < 4.78 is 6.94. The van der Waals surface area contributed by atoms with E-state index in [9.17, 15) is 0 Å². The average Bonchev–Trinajstić information content (AvgIpc) is 2.56. The van der Waals surface area contributed by atoms with Crippen molar-refractivity contribution in [2.45, 2.75) is 0 Å². The molecule has 2 aromatic rings. The van der Waals surface area contributed by atoms with Gasteiger partial charge in [-0.05, 0) is 18.2 Å². The molecule has 1 aromatic carbocycles. The zero-order valence-corrected chi connectivity index (χ0v) is 8.64. The van der Waals surface area contributed by atoms with Crippen molar-refractivity contribution in [2.75, 3.05) is 7.11 Å². The Morgan fingerprint density at radius 3 is 2.67 bits per heavy atom.